The predicted octanol–water partition coefficient (Wildman–Crippen LogP) is 4.36. The zero-order valence-electron chi connectivity index (χ0n) is 11.0. The Labute approximate surface area is 128 Å². The lowest BCUT2D eigenvalue weighted by molar-refractivity contribution is 0.0938. The maximum absolute atomic E-state index is 13.1. The van der Waals surface area contributed by atoms with Crippen LogP contribution in [0.25, 0.3) is 0 Å². The molecule has 0 aliphatic heterocycles. The van der Waals surface area contributed by atoms with Crippen molar-refractivity contribution >= 4 is 21.8 Å². The number of hydrogen-bond acceptors (Lipinski definition) is 1. The molecule has 1 amide bonds. The molecule has 0 spiro atoms. The van der Waals surface area contributed by atoms with Gasteiger partial charge in [-0.2, -0.15) is 0 Å². The second-order valence-corrected chi connectivity index (χ2v) is 5.42. The first-order chi connectivity index (χ1) is 9.88. The number of hydrogen-bond donors (Lipinski definition) is 1. The van der Waals surface area contributed by atoms with Gasteiger partial charge in [-0.25, -0.2) is 13.2 Å². The smallest absolute Gasteiger partial charge is 0.251 e. The third kappa shape index (κ3) is 3.64. The van der Waals surface area contributed by atoms with Gasteiger partial charge in [-0.3, -0.25) is 4.79 Å². The van der Waals surface area contributed by atoms with Gasteiger partial charge in [0.1, 0.15) is 0 Å². The summed E-state index contributed by atoms with van der Waals surface area (Å²) in [4.78, 5) is 11.9. The molecule has 0 saturated carbocycles. The Morgan fingerprint density at radius 3 is 2.14 bits per heavy atom. The van der Waals surface area contributed by atoms with Crippen molar-refractivity contribution in [3.63, 3.8) is 0 Å². The van der Waals surface area contributed by atoms with Crippen molar-refractivity contribution in [3.05, 3.63) is 69.4 Å². The van der Waals surface area contributed by atoms with E-state index in [1.807, 2.05) is 12.1 Å². The van der Waals surface area contributed by atoms with Gasteiger partial charge in [0, 0.05) is 10.0 Å². The van der Waals surface area contributed by atoms with Gasteiger partial charge in [0.05, 0.1) is 6.04 Å². The van der Waals surface area contributed by atoms with Gasteiger partial charge in [0.25, 0.3) is 5.91 Å². The van der Waals surface area contributed by atoms with E-state index in [9.17, 15) is 18.0 Å². The molecule has 0 radical (unpaired) electrons. The highest BCUT2D eigenvalue weighted by atomic mass is 79.9. The molecule has 110 valence electrons. The Kier molecular flexibility index (Phi) is 4.67. The van der Waals surface area contributed by atoms with Crippen LogP contribution in [0.2, 0.25) is 0 Å². The largest absolute Gasteiger partial charge is 0.346 e. The second-order valence-electron chi connectivity index (χ2n) is 4.50. The molecule has 0 heterocycles. The molecule has 0 aromatic heterocycles. The van der Waals surface area contributed by atoms with E-state index < -0.39 is 23.4 Å². The molecule has 2 aromatic carbocycles. The van der Waals surface area contributed by atoms with E-state index in [0.717, 1.165) is 10.0 Å². The standard InChI is InChI=1S/C15H11BrF3NO/c1-8(9-2-4-11(16)5-3-9)20-15(21)10-6-12(17)14(19)13(18)7-10/h2-8H,1H3,(H,20,21). The summed E-state index contributed by atoms with van der Waals surface area (Å²) in [7, 11) is 0. The first-order valence-electron chi connectivity index (χ1n) is 6.09. The van der Waals surface area contributed by atoms with Gasteiger partial charge in [-0.1, -0.05) is 28.1 Å². The molecule has 0 aliphatic carbocycles. The van der Waals surface area contributed by atoms with Gasteiger partial charge in [0.2, 0.25) is 0 Å². The van der Waals surface area contributed by atoms with Crippen LogP contribution in [-0.4, -0.2) is 5.91 Å². The van der Waals surface area contributed by atoms with E-state index in [1.165, 1.54) is 0 Å². The summed E-state index contributed by atoms with van der Waals surface area (Å²) in [5.74, 6) is -5.05. The number of nitrogens with one attached hydrogen (secondary N) is 1. The van der Waals surface area contributed by atoms with Crippen LogP contribution in [0.5, 0.6) is 0 Å². The molecular formula is C15H11BrF3NO. The third-order valence-electron chi connectivity index (χ3n) is 2.96. The lowest BCUT2D eigenvalue weighted by atomic mass is 10.1. The third-order valence-corrected chi connectivity index (χ3v) is 3.49. The average molecular weight is 358 g/mol. The maximum Gasteiger partial charge on any atom is 0.251 e. The van der Waals surface area contributed by atoms with Crippen molar-refractivity contribution in [1.82, 2.24) is 5.32 Å². The minimum absolute atomic E-state index is 0.268. The zero-order chi connectivity index (χ0) is 15.6. The van der Waals surface area contributed by atoms with Crippen molar-refractivity contribution < 1.29 is 18.0 Å². The molecule has 21 heavy (non-hydrogen) atoms. The van der Waals surface area contributed by atoms with E-state index in [2.05, 4.69) is 21.2 Å². The lowest BCUT2D eigenvalue weighted by Gasteiger charge is -2.14. The minimum Gasteiger partial charge on any atom is -0.346 e. The molecule has 6 heteroatoms. The maximum atomic E-state index is 13.1. The van der Waals surface area contributed by atoms with Gasteiger partial charge in [0.15, 0.2) is 17.5 Å². The Morgan fingerprint density at radius 2 is 1.62 bits per heavy atom. The number of benzene rings is 2. The minimum atomic E-state index is -1.59. The SMILES string of the molecule is CC(NC(=O)c1cc(F)c(F)c(F)c1)c1ccc(Br)cc1. The highest BCUT2D eigenvalue weighted by molar-refractivity contribution is 9.10. The summed E-state index contributed by atoms with van der Waals surface area (Å²) in [5, 5.41) is 2.60. The van der Waals surface area contributed by atoms with Crippen LogP contribution in [0.1, 0.15) is 28.9 Å². The van der Waals surface area contributed by atoms with Crippen LogP contribution >= 0.6 is 15.9 Å². The Bertz CT molecular complexity index is 650. The van der Waals surface area contributed by atoms with Crippen molar-refractivity contribution in [3.8, 4) is 0 Å². The fraction of sp³-hybridized carbons (Fsp3) is 0.133. The summed E-state index contributed by atoms with van der Waals surface area (Å²) in [5.41, 5.74) is 0.560. The summed E-state index contributed by atoms with van der Waals surface area (Å²) in [6.07, 6.45) is 0. The normalized spacial score (nSPS) is 12.0. The first kappa shape index (κ1) is 15.6. The van der Waals surface area contributed by atoms with Crippen LogP contribution in [0.15, 0.2) is 40.9 Å². The van der Waals surface area contributed by atoms with Crippen molar-refractivity contribution in [1.29, 1.82) is 0 Å². The number of amides is 1. The lowest BCUT2D eigenvalue weighted by Crippen LogP contribution is -2.27. The Morgan fingerprint density at radius 1 is 1.10 bits per heavy atom. The molecule has 0 aliphatic rings. The van der Waals surface area contributed by atoms with E-state index in [4.69, 9.17) is 0 Å². The number of carbonyl (C=O) groups excluding carboxylic acids is 1. The van der Waals surface area contributed by atoms with E-state index in [1.54, 1.807) is 19.1 Å². The van der Waals surface area contributed by atoms with Crippen LogP contribution < -0.4 is 5.32 Å². The molecule has 1 unspecified atom stereocenters. The molecule has 0 saturated heterocycles. The van der Waals surface area contributed by atoms with E-state index in [-0.39, 0.29) is 11.6 Å². The van der Waals surface area contributed by atoms with Gasteiger partial charge < -0.3 is 5.32 Å². The van der Waals surface area contributed by atoms with Crippen molar-refractivity contribution in [2.24, 2.45) is 0 Å². The summed E-state index contributed by atoms with van der Waals surface area (Å²) in [6.45, 7) is 1.73. The fourth-order valence-electron chi connectivity index (χ4n) is 1.80. The van der Waals surface area contributed by atoms with Crippen LogP contribution in [-0.2, 0) is 0 Å². The topological polar surface area (TPSA) is 29.1 Å². The zero-order valence-corrected chi connectivity index (χ0v) is 12.5. The van der Waals surface area contributed by atoms with Gasteiger partial charge >= 0.3 is 0 Å². The van der Waals surface area contributed by atoms with Gasteiger partial charge in [-0.15, -0.1) is 0 Å². The fourth-order valence-corrected chi connectivity index (χ4v) is 2.07. The second kappa shape index (κ2) is 6.30. The Hall–Kier alpha value is -1.82. The van der Waals surface area contributed by atoms with E-state index in [0.29, 0.717) is 12.1 Å². The monoisotopic (exact) mass is 357 g/mol. The van der Waals surface area contributed by atoms with Crippen LogP contribution in [0.4, 0.5) is 13.2 Å². The average Bonchev–Trinajstić information content (AvgIpc) is 2.44. The summed E-state index contributed by atoms with van der Waals surface area (Å²) < 4.78 is 40.0. The molecule has 2 rings (SSSR count). The molecule has 0 bridgehead atoms. The molecule has 2 nitrogen and oxygen atoms in total. The molecular weight excluding hydrogens is 347 g/mol. The van der Waals surface area contributed by atoms with Crippen molar-refractivity contribution in [2.45, 2.75) is 13.0 Å². The van der Waals surface area contributed by atoms with Crippen molar-refractivity contribution in [2.75, 3.05) is 0 Å². The highest BCUT2D eigenvalue weighted by Gasteiger charge is 2.17. The van der Waals surface area contributed by atoms with Crippen LogP contribution in [0, 0.1) is 17.5 Å². The number of rotatable bonds is 3. The first-order valence-corrected chi connectivity index (χ1v) is 6.88. The molecule has 1 atom stereocenters. The quantitative estimate of drug-likeness (QED) is 0.812. The predicted molar refractivity (Wildman–Crippen MR) is 76.3 cm³/mol. The van der Waals surface area contributed by atoms with Gasteiger partial charge in [-0.05, 0) is 36.8 Å². The van der Waals surface area contributed by atoms with Crippen LogP contribution in [0.3, 0.4) is 0 Å². The van der Waals surface area contributed by atoms with E-state index >= 15 is 0 Å². The Balaban J connectivity index is 2.16. The molecule has 1 N–H and O–H groups in total. The highest BCUT2D eigenvalue weighted by Crippen LogP contribution is 2.18. The molecule has 0 fully saturated rings. The molecule has 2 aromatic rings. The summed E-state index contributed by atoms with van der Waals surface area (Å²) in [6, 6.07) is 8.22. The number of carbonyl (C=O) groups is 1. The number of halogens is 4. The summed E-state index contributed by atoms with van der Waals surface area (Å²) >= 11 is 3.30.